The molecule has 134 valence electrons. The number of likely N-dealkylation sites (tertiary alicyclic amines) is 1. The molecule has 2 saturated heterocycles. The number of hydrogen-bond donors (Lipinski definition) is 1. The van der Waals surface area contributed by atoms with Crippen molar-refractivity contribution in [2.45, 2.75) is 45.1 Å². The summed E-state index contributed by atoms with van der Waals surface area (Å²) in [4.78, 5) is 48.0. The number of imide groups is 1. The van der Waals surface area contributed by atoms with E-state index in [1.165, 1.54) is 0 Å². The van der Waals surface area contributed by atoms with Gasteiger partial charge in [-0.3, -0.25) is 24.5 Å². The predicted octanol–water partition coefficient (Wildman–Crippen LogP) is 0.821. The minimum atomic E-state index is -0.950. The van der Waals surface area contributed by atoms with Gasteiger partial charge in [-0.1, -0.05) is 0 Å². The molecule has 0 saturated carbocycles. The number of rotatable bonds is 3. The first-order valence-corrected chi connectivity index (χ1v) is 8.48. The summed E-state index contributed by atoms with van der Waals surface area (Å²) < 4.78 is 0. The zero-order chi connectivity index (χ0) is 18.2. The zero-order valence-electron chi connectivity index (χ0n) is 14.8. The Morgan fingerprint density at radius 2 is 1.96 bits per heavy atom. The summed E-state index contributed by atoms with van der Waals surface area (Å²) in [5.41, 5.74) is 0.897. The minimum absolute atomic E-state index is 0.199. The van der Waals surface area contributed by atoms with Crippen molar-refractivity contribution in [3.8, 4) is 0 Å². The van der Waals surface area contributed by atoms with Crippen LogP contribution in [0.1, 0.15) is 44.0 Å². The van der Waals surface area contributed by atoms with E-state index in [1.807, 2.05) is 6.92 Å². The lowest BCUT2D eigenvalue weighted by Gasteiger charge is -2.32. The quantitative estimate of drug-likeness (QED) is 0.819. The Balaban J connectivity index is 1.57. The molecule has 2 aliphatic heterocycles. The monoisotopic (exact) mass is 345 g/mol. The lowest BCUT2D eigenvalue weighted by molar-refractivity contribution is -0.139. The number of carbonyl (C=O) groups is 3. The normalized spacial score (nSPS) is 20.8. The molecule has 1 aromatic rings. The molecule has 0 aromatic carbocycles. The molecule has 1 aromatic heterocycles. The first-order chi connectivity index (χ1) is 11.8. The van der Waals surface area contributed by atoms with Crippen LogP contribution < -0.4 is 5.32 Å². The number of aromatic nitrogens is 2. The molecular formula is C17H23N5O3. The van der Waals surface area contributed by atoms with Gasteiger partial charge in [-0.2, -0.15) is 0 Å². The Kier molecular flexibility index (Phi) is 4.45. The highest BCUT2D eigenvalue weighted by molar-refractivity contribution is 6.08. The summed E-state index contributed by atoms with van der Waals surface area (Å²) in [6, 6.07) is -0.506. The smallest absolute Gasteiger partial charge is 0.325 e. The van der Waals surface area contributed by atoms with Crippen molar-refractivity contribution in [2.24, 2.45) is 0 Å². The Labute approximate surface area is 146 Å². The van der Waals surface area contributed by atoms with Gasteiger partial charge in [0.05, 0.1) is 11.4 Å². The second kappa shape index (κ2) is 6.42. The Hall–Kier alpha value is -2.51. The molecule has 0 atom stereocenters. The molecular weight excluding hydrogens is 322 g/mol. The maximum Gasteiger partial charge on any atom is 0.325 e. The first kappa shape index (κ1) is 17.3. The van der Waals surface area contributed by atoms with E-state index in [9.17, 15) is 14.4 Å². The van der Waals surface area contributed by atoms with Gasteiger partial charge in [0, 0.05) is 31.4 Å². The highest BCUT2D eigenvalue weighted by Crippen LogP contribution is 2.26. The standard InChI is InChI=1S/C17H23N5O3/c1-11-8-18-9-13(19-11)12-4-6-21(7-5-12)14(23)10-22-15(24)17(2,3)20-16(22)25/h8-9,12H,4-7,10H2,1-3H3,(H,20,25). The average Bonchev–Trinajstić information content (AvgIpc) is 2.77. The zero-order valence-corrected chi connectivity index (χ0v) is 14.8. The fourth-order valence-electron chi connectivity index (χ4n) is 3.30. The molecule has 0 unspecified atom stereocenters. The summed E-state index contributed by atoms with van der Waals surface area (Å²) >= 11 is 0. The Morgan fingerprint density at radius 1 is 1.28 bits per heavy atom. The lowest BCUT2D eigenvalue weighted by Crippen LogP contribution is -2.46. The van der Waals surface area contributed by atoms with E-state index in [0.717, 1.165) is 29.1 Å². The number of nitrogens with zero attached hydrogens (tertiary/aromatic N) is 4. The van der Waals surface area contributed by atoms with Gasteiger partial charge in [0.15, 0.2) is 0 Å². The molecule has 8 nitrogen and oxygen atoms in total. The van der Waals surface area contributed by atoms with Crippen LogP contribution in [0.4, 0.5) is 4.79 Å². The van der Waals surface area contributed by atoms with Crippen LogP contribution in [0.2, 0.25) is 0 Å². The molecule has 0 radical (unpaired) electrons. The number of nitrogens with one attached hydrogen (secondary N) is 1. The Bertz CT molecular complexity index is 710. The molecule has 3 rings (SSSR count). The third kappa shape index (κ3) is 3.47. The topological polar surface area (TPSA) is 95.5 Å². The van der Waals surface area contributed by atoms with Crippen LogP contribution in [0.3, 0.4) is 0 Å². The Morgan fingerprint density at radius 3 is 2.52 bits per heavy atom. The summed E-state index contributed by atoms with van der Waals surface area (Å²) in [6.07, 6.45) is 5.11. The molecule has 2 fully saturated rings. The first-order valence-electron chi connectivity index (χ1n) is 8.48. The van der Waals surface area contributed by atoms with E-state index in [2.05, 4.69) is 15.3 Å². The fraction of sp³-hybridized carbons (Fsp3) is 0.588. The van der Waals surface area contributed by atoms with E-state index in [4.69, 9.17) is 0 Å². The van der Waals surface area contributed by atoms with E-state index in [1.54, 1.807) is 31.1 Å². The van der Waals surface area contributed by atoms with Crippen molar-refractivity contribution in [3.63, 3.8) is 0 Å². The van der Waals surface area contributed by atoms with Gasteiger partial charge in [0.2, 0.25) is 5.91 Å². The second-order valence-electron chi connectivity index (χ2n) is 7.19. The SMILES string of the molecule is Cc1cncc(C2CCN(C(=O)CN3C(=O)NC(C)(C)C3=O)CC2)n1. The number of urea groups is 1. The molecule has 1 N–H and O–H groups in total. The number of amides is 4. The maximum absolute atomic E-state index is 12.5. The summed E-state index contributed by atoms with van der Waals surface area (Å²) in [6.45, 7) is 6.15. The van der Waals surface area contributed by atoms with Crippen LogP contribution in [0.25, 0.3) is 0 Å². The van der Waals surface area contributed by atoms with Gasteiger partial charge in [0.25, 0.3) is 5.91 Å². The maximum atomic E-state index is 12.5. The minimum Gasteiger partial charge on any atom is -0.341 e. The molecule has 0 spiro atoms. The van der Waals surface area contributed by atoms with Gasteiger partial charge >= 0.3 is 6.03 Å². The van der Waals surface area contributed by atoms with Gasteiger partial charge in [0.1, 0.15) is 12.1 Å². The predicted molar refractivity (Wildman–Crippen MR) is 89.6 cm³/mol. The van der Waals surface area contributed by atoms with Crippen LogP contribution in [0.5, 0.6) is 0 Å². The molecule has 3 heterocycles. The lowest BCUT2D eigenvalue weighted by atomic mass is 9.93. The van der Waals surface area contributed by atoms with E-state index in [0.29, 0.717) is 13.1 Å². The van der Waals surface area contributed by atoms with Crippen molar-refractivity contribution < 1.29 is 14.4 Å². The number of aryl methyl sites for hydroxylation is 1. The van der Waals surface area contributed by atoms with Crippen LogP contribution in [0.15, 0.2) is 12.4 Å². The van der Waals surface area contributed by atoms with Crippen LogP contribution in [0, 0.1) is 6.92 Å². The molecule has 0 aliphatic carbocycles. The summed E-state index contributed by atoms with van der Waals surface area (Å²) in [5.74, 6) is -0.280. The van der Waals surface area contributed by atoms with Crippen molar-refractivity contribution in [2.75, 3.05) is 19.6 Å². The number of hydrogen-bond acceptors (Lipinski definition) is 5. The molecule has 0 bridgehead atoms. The molecule has 25 heavy (non-hydrogen) atoms. The van der Waals surface area contributed by atoms with Crippen LogP contribution in [-0.2, 0) is 9.59 Å². The van der Waals surface area contributed by atoms with E-state index < -0.39 is 11.6 Å². The van der Waals surface area contributed by atoms with Crippen molar-refractivity contribution in [3.05, 3.63) is 23.8 Å². The van der Waals surface area contributed by atoms with Crippen molar-refractivity contribution >= 4 is 17.8 Å². The summed E-state index contributed by atoms with van der Waals surface area (Å²) in [7, 11) is 0. The van der Waals surface area contributed by atoms with Crippen LogP contribution >= 0.6 is 0 Å². The van der Waals surface area contributed by atoms with Crippen molar-refractivity contribution in [1.82, 2.24) is 25.1 Å². The third-order valence-corrected chi connectivity index (χ3v) is 4.78. The fourth-order valence-corrected chi connectivity index (χ4v) is 3.30. The average molecular weight is 345 g/mol. The second-order valence-corrected chi connectivity index (χ2v) is 7.19. The van der Waals surface area contributed by atoms with Gasteiger partial charge in [-0.15, -0.1) is 0 Å². The largest absolute Gasteiger partial charge is 0.341 e. The molecule has 4 amide bonds. The van der Waals surface area contributed by atoms with E-state index in [-0.39, 0.29) is 24.3 Å². The van der Waals surface area contributed by atoms with Gasteiger partial charge < -0.3 is 10.2 Å². The highest BCUT2D eigenvalue weighted by atomic mass is 16.2. The molecule has 2 aliphatic rings. The number of carbonyl (C=O) groups excluding carboxylic acids is 3. The highest BCUT2D eigenvalue weighted by Gasteiger charge is 2.45. The number of piperidine rings is 1. The van der Waals surface area contributed by atoms with E-state index >= 15 is 0 Å². The van der Waals surface area contributed by atoms with Gasteiger partial charge in [-0.05, 0) is 33.6 Å². The molecule has 8 heteroatoms. The van der Waals surface area contributed by atoms with Gasteiger partial charge in [-0.25, -0.2) is 4.79 Å². The van der Waals surface area contributed by atoms with Crippen LogP contribution in [-0.4, -0.2) is 62.8 Å². The third-order valence-electron chi connectivity index (χ3n) is 4.78. The van der Waals surface area contributed by atoms with Crippen molar-refractivity contribution in [1.29, 1.82) is 0 Å². The summed E-state index contributed by atoms with van der Waals surface area (Å²) in [5, 5.41) is 2.59.